The van der Waals surface area contributed by atoms with E-state index in [4.69, 9.17) is 5.73 Å². The Hall–Kier alpha value is -2.11. The second kappa shape index (κ2) is 4.29. The summed E-state index contributed by atoms with van der Waals surface area (Å²) < 4.78 is 0. The molecule has 3 rings (SSSR count). The standard InChI is InChI=1S/C13H14N4O/c14-13-11-4-8(1-2-12(11)16-7-17-13)9-3-10(18)6-15-5-9/h1-6,13,16-18H,7,14H2. The van der Waals surface area contributed by atoms with Crippen molar-refractivity contribution in [2.75, 3.05) is 12.0 Å². The molecule has 0 saturated carbocycles. The zero-order valence-corrected chi connectivity index (χ0v) is 9.72. The van der Waals surface area contributed by atoms with E-state index in [1.807, 2.05) is 18.2 Å². The predicted octanol–water partition coefficient (Wildman–Crippen LogP) is 1.38. The third kappa shape index (κ3) is 1.90. The number of nitrogens with two attached hydrogens (primary N) is 1. The maximum Gasteiger partial charge on any atom is 0.134 e. The molecule has 5 N–H and O–H groups in total. The molecule has 92 valence electrons. The predicted molar refractivity (Wildman–Crippen MR) is 69.9 cm³/mol. The van der Waals surface area contributed by atoms with Crippen LogP contribution in [0.3, 0.4) is 0 Å². The maximum absolute atomic E-state index is 9.45. The molecule has 1 unspecified atom stereocenters. The molecule has 0 spiro atoms. The SMILES string of the molecule is NC1NCNc2ccc(-c3cncc(O)c3)cc21. The Balaban J connectivity index is 2.06. The highest BCUT2D eigenvalue weighted by atomic mass is 16.3. The van der Waals surface area contributed by atoms with Crippen molar-refractivity contribution in [3.05, 3.63) is 42.2 Å². The number of aromatic hydroxyl groups is 1. The Kier molecular flexibility index (Phi) is 2.62. The van der Waals surface area contributed by atoms with Gasteiger partial charge in [0.15, 0.2) is 0 Å². The first-order valence-corrected chi connectivity index (χ1v) is 5.75. The lowest BCUT2D eigenvalue weighted by atomic mass is 10.0. The Morgan fingerprint density at radius 2 is 2.11 bits per heavy atom. The lowest BCUT2D eigenvalue weighted by Gasteiger charge is -2.25. The van der Waals surface area contributed by atoms with Crippen molar-refractivity contribution < 1.29 is 5.11 Å². The van der Waals surface area contributed by atoms with Crippen LogP contribution in [0.2, 0.25) is 0 Å². The molecule has 18 heavy (non-hydrogen) atoms. The molecule has 1 atom stereocenters. The van der Waals surface area contributed by atoms with Crippen molar-refractivity contribution >= 4 is 5.69 Å². The summed E-state index contributed by atoms with van der Waals surface area (Å²) in [6.45, 7) is 0.668. The number of nitrogens with one attached hydrogen (secondary N) is 2. The molecule has 0 bridgehead atoms. The minimum atomic E-state index is -0.175. The zero-order valence-electron chi connectivity index (χ0n) is 9.72. The normalized spacial score (nSPS) is 17.9. The molecule has 5 nitrogen and oxygen atoms in total. The van der Waals surface area contributed by atoms with Crippen LogP contribution >= 0.6 is 0 Å². The van der Waals surface area contributed by atoms with Gasteiger partial charge in [-0.05, 0) is 23.8 Å². The minimum Gasteiger partial charge on any atom is -0.506 e. The van der Waals surface area contributed by atoms with Gasteiger partial charge in [0, 0.05) is 23.0 Å². The third-order valence-corrected chi connectivity index (χ3v) is 3.04. The Morgan fingerprint density at radius 1 is 1.22 bits per heavy atom. The van der Waals surface area contributed by atoms with Gasteiger partial charge in [0.05, 0.1) is 19.0 Å². The van der Waals surface area contributed by atoms with E-state index in [9.17, 15) is 5.11 Å². The molecule has 1 aliphatic rings. The number of benzene rings is 1. The summed E-state index contributed by atoms with van der Waals surface area (Å²) in [5.41, 5.74) is 9.92. The van der Waals surface area contributed by atoms with E-state index in [2.05, 4.69) is 15.6 Å². The van der Waals surface area contributed by atoms with Crippen LogP contribution in [0.25, 0.3) is 11.1 Å². The molecule has 0 aliphatic carbocycles. The van der Waals surface area contributed by atoms with Gasteiger partial charge < -0.3 is 16.2 Å². The van der Waals surface area contributed by atoms with Crippen LogP contribution in [0.5, 0.6) is 5.75 Å². The van der Waals surface area contributed by atoms with Crippen molar-refractivity contribution in [3.8, 4) is 16.9 Å². The number of pyridine rings is 1. The number of aromatic nitrogens is 1. The highest BCUT2D eigenvalue weighted by Crippen LogP contribution is 2.30. The van der Waals surface area contributed by atoms with Crippen molar-refractivity contribution in [3.63, 3.8) is 0 Å². The quantitative estimate of drug-likeness (QED) is 0.607. The van der Waals surface area contributed by atoms with Gasteiger partial charge in [-0.25, -0.2) is 0 Å². The molecule has 1 aromatic carbocycles. The van der Waals surface area contributed by atoms with E-state index in [1.54, 1.807) is 12.3 Å². The molecule has 5 heteroatoms. The Morgan fingerprint density at radius 3 is 2.94 bits per heavy atom. The first-order chi connectivity index (χ1) is 8.74. The lowest BCUT2D eigenvalue weighted by Crippen LogP contribution is -2.37. The average Bonchev–Trinajstić information content (AvgIpc) is 2.39. The highest BCUT2D eigenvalue weighted by Gasteiger charge is 2.16. The molecule has 0 radical (unpaired) electrons. The number of hydrogen-bond acceptors (Lipinski definition) is 5. The van der Waals surface area contributed by atoms with Crippen LogP contribution in [0, 0.1) is 0 Å². The van der Waals surface area contributed by atoms with Crippen LogP contribution in [0.15, 0.2) is 36.7 Å². The summed E-state index contributed by atoms with van der Waals surface area (Å²) in [6.07, 6.45) is 2.96. The minimum absolute atomic E-state index is 0.158. The van der Waals surface area contributed by atoms with Gasteiger partial charge in [-0.2, -0.15) is 0 Å². The molecular weight excluding hydrogens is 228 g/mol. The van der Waals surface area contributed by atoms with Crippen LogP contribution < -0.4 is 16.4 Å². The van der Waals surface area contributed by atoms with Crippen LogP contribution in [0.4, 0.5) is 5.69 Å². The van der Waals surface area contributed by atoms with E-state index < -0.39 is 0 Å². The van der Waals surface area contributed by atoms with Crippen LogP contribution in [0.1, 0.15) is 11.7 Å². The van der Waals surface area contributed by atoms with Gasteiger partial charge in [-0.15, -0.1) is 0 Å². The van der Waals surface area contributed by atoms with Crippen molar-refractivity contribution in [1.29, 1.82) is 0 Å². The number of nitrogens with zero attached hydrogens (tertiary/aromatic N) is 1. The maximum atomic E-state index is 9.45. The molecular formula is C13H14N4O. The second-order valence-corrected chi connectivity index (χ2v) is 4.27. The van der Waals surface area contributed by atoms with E-state index in [0.29, 0.717) is 6.67 Å². The highest BCUT2D eigenvalue weighted by molar-refractivity contribution is 5.69. The second-order valence-electron chi connectivity index (χ2n) is 4.27. The fraction of sp³-hybridized carbons (Fsp3) is 0.154. The van der Waals surface area contributed by atoms with Crippen molar-refractivity contribution in [1.82, 2.24) is 10.3 Å². The first-order valence-electron chi connectivity index (χ1n) is 5.75. The average molecular weight is 242 g/mol. The van der Waals surface area contributed by atoms with Gasteiger partial charge >= 0.3 is 0 Å². The smallest absolute Gasteiger partial charge is 0.134 e. The summed E-state index contributed by atoms with van der Waals surface area (Å²) in [5.74, 6) is 0.158. The molecule has 1 aliphatic heterocycles. The fourth-order valence-corrected chi connectivity index (χ4v) is 2.11. The van der Waals surface area contributed by atoms with E-state index in [-0.39, 0.29) is 11.9 Å². The van der Waals surface area contributed by atoms with E-state index in [1.165, 1.54) is 6.20 Å². The number of fused-ring (bicyclic) bond motifs is 1. The summed E-state index contributed by atoms with van der Waals surface area (Å²) in [6, 6.07) is 7.68. The molecule has 0 amide bonds. The summed E-state index contributed by atoms with van der Waals surface area (Å²) >= 11 is 0. The lowest BCUT2D eigenvalue weighted by molar-refractivity contribution is 0.473. The zero-order chi connectivity index (χ0) is 12.5. The topological polar surface area (TPSA) is 83.2 Å². The first kappa shape index (κ1) is 11.0. The molecule has 0 saturated heterocycles. The monoisotopic (exact) mass is 242 g/mol. The van der Waals surface area contributed by atoms with E-state index in [0.717, 1.165) is 22.4 Å². The number of rotatable bonds is 1. The van der Waals surface area contributed by atoms with Gasteiger partial charge in [0.25, 0.3) is 0 Å². The van der Waals surface area contributed by atoms with Gasteiger partial charge in [-0.1, -0.05) is 6.07 Å². The van der Waals surface area contributed by atoms with Gasteiger partial charge in [0.1, 0.15) is 5.75 Å². The Bertz CT molecular complexity index is 585. The number of hydrogen-bond donors (Lipinski definition) is 4. The summed E-state index contributed by atoms with van der Waals surface area (Å²) in [4.78, 5) is 3.98. The van der Waals surface area contributed by atoms with E-state index >= 15 is 0 Å². The van der Waals surface area contributed by atoms with Crippen molar-refractivity contribution in [2.24, 2.45) is 5.73 Å². The molecule has 2 heterocycles. The van der Waals surface area contributed by atoms with Crippen molar-refractivity contribution in [2.45, 2.75) is 6.17 Å². The summed E-state index contributed by atoms with van der Waals surface area (Å²) in [7, 11) is 0. The third-order valence-electron chi connectivity index (χ3n) is 3.04. The molecule has 1 aromatic heterocycles. The largest absolute Gasteiger partial charge is 0.506 e. The number of anilines is 1. The molecule has 0 fully saturated rings. The van der Waals surface area contributed by atoms with Gasteiger partial charge in [0.2, 0.25) is 0 Å². The van der Waals surface area contributed by atoms with Gasteiger partial charge in [-0.3, -0.25) is 10.3 Å². The Labute approximate surface area is 105 Å². The molecule has 2 aromatic rings. The fourth-order valence-electron chi connectivity index (χ4n) is 2.11. The summed E-state index contributed by atoms with van der Waals surface area (Å²) in [5, 5.41) is 15.8. The van der Waals surface area contributed by atoms with Crippen LogP contribution in [-0.4, -0.2) is 16.8 Å². The van der Waals surface area contributed by atoms with Crippen LogP contribution in [-0.2, 0) is 0 Å².